The SMILES string of the molecule is Fc1ccccc1-c1nnc2ccc(NCCC3CC3)nn12. The van der Waals surface area contributed by atoms with Crippen LogP contribution in [0.2, 0.25) is 0 Å². The molecular formula is C16H16FN5. The minimum Gasteiger partial charge on any atom is -0.369 e. The Labute approximate surface area is 127 Å². The number of fused-ring (bicyclic) bond motifs is 1. The van der Waals surface area contributed by atoms with Crippen LogP contribution in [0.3, 0.4) is 0 Å². The smallest absolute Gasteiger partial charge is 0.188 e. The van der Waals surface area contributed by atoms with Gasteiger partial charge in [-0.25, -0.2) is 4.39 Å². The normalized spacial score (nSPS) is 14.4. The Balaban J connectivity index is 1.65. The Bertz CT molecular complexity index is 809. The monoisotopic (exact) mass is 297 g/mol. The van der Waals surface area contributed by atoms with Crippen LogP contribution < -0.4 is 5.32 Å². The molecule has 0 bridgehead atoms. The second-order valence-corrected chi connectivity index (χ2v) is 5.65. The van der Waals surface area contributed by atoms with Crippen LogP contribution in [0.1, 0.15) is 19.3 Å². The molecule has 0 aliphatic heterocycles. The van der Waals surface area contributed by atoms with Gasteiger partial charge in [0, 0.05) is 6.54 Å². The number of anilines is 1. The molecule has 0 unspecified atom stereocenters. The molecule has 1 aliphatic rings. The van der Waals surface area contributed by atoms with Gasteiger partial charge in [-0.2, -0.15) is 4.52 Å². The van der Waals surface area contributed by atoms with Crippen molar-refractivity contribution in [2.75, 3.05) is 11.9 Å². The van der Waals surface area contributed by atoms with Crippen LogP contribution in [0.15, 0.2) is 36.4 Å². The highest BCUT2D eigenvalue weighted by molar-refractivity contribution is 5.60. The fourth-order valence-electron chi connectivity index (χ4n) is 2.50. The van der Waals surface area contributed by atoms with Gasteiger partial charge in [0.2, 0.25) is 0 Å². The van der Waals surface area contributed by atoms with Crippen molar-refractivity contribution in [3.8, 4) is 11.4 Å². The first-order valence-corrected chi connectivity index (χ1v) is 7.52. The zero-order chi connectivity index (χ0) is 14.9. The van der Waals surface area contributed by atoms with Crippen molar-refractivity contribution < 1.29 is 4.39 Å². The molecule has 0 atom stereocenters. The predicted molar refractivity (Wildman–Crippen MR) is 82.0 cm³/mol. The molecule has 1 fully saturated rings. The Morgan fingerprint density at radius 1 is 1.14 bits per heavy atom. The van der Waals surface area contributed by atoms with Gasteiger partial charge in [-0.1, -0.05) is 25.0 Å². The summed E-state index contributed by atoms with van der Waals surface area (Å²) >= 11 is 0. The van der Waals surface area contributed by atoms with E-state index in [9.17, 15) is 4.39 Å². The second-order valence-electron chi connectivity index (χ2n) is 5.65. The molecule has 1 aromatic carbocycles. The van der Waals surface area contributed by atoms with Gasteiger partial charge in [-0.3, -0.25) is 0 Å². The molecule has 3 aromatic rings. The molecule has 112 valence electrons. The van der Waals surface area contributed by atoms with E-state index in [0.29, 0.717) is 17.0 Å². The van der Waals surface area contributed by atoms with Crippen LogP contribution in [0.5, 0.6) is 0 Å². The highest BCUT2D eigenvalue weighted by atomic mass is 19.1. The number of rotatable bonds is 5. The third kappa shape index (κ3) is 2.52. The minimum atomic E-state index is -0.328. The van der Waals surface area contributed by atoms with Gasteiger partial charge in [0.05, 0.1) is 5.56 Å². The number of hydrogen-bond acceptors (Lipinski definition) is 4. The van der Waals surface area contributed by atoms with E-state index < -0.39 is 0 Å². The molecule has 5 nitrogen and oxygen atoms in total. The lowest BCUT2D eigenvalue weighted by Gasteiger charge is -2.06. The Hall–Kier alpha value is -2.50. The van der Waals surface area contributed by atoms with E-state index in [-0.39, 0.29) is 5.82 Å². The van der Waals surface area contributed by atoms with Crippen molar-refractivity contribution in [1.29, 1.82) is 0 Å². The van der Waals surface area contributed by atoms with Gasteiger partial charge in [0.15, 0.2) is 11.5 Å². The third-order valence-electron chi connectivity index (χ3n) is 3.93. The highest BCUT2D eigenvalue weighted by Gasteiger charge is 2.20. The van der Waals surface area contributed by atoms with E-state index in [0.717, 1.165) is 18.3 Å². The van der Waals surface area contributed by atoms with Gasteiger partial charge in [0.25, 0.3) is 0 Å². The molecule has 0 amide bonds. The first kappa shape index (κ1) is 13.2. The zero-order valence-electron chi connectivity index (χ0n) is 12.0. The van der Waals surface area contributed by atoms with Gasteiger partial charge >= 0.3 is 0 Å². The summed E-state index contributed by atoms with van der Waals surface area (Å²) in [5.74, 6) is 1.72. The number of aromatic nitrogens is 4. The van der Waals surface area contributed by atoms with Crippen molar-refractivity contribution >= 4 is 11.5 Å². The molecule has 0 radical (unpaired) electrons. The van der Waals surface area contributed by atoms with E-state index >= 15 is 0 Å². The van der Waals surface area contributed by atoms with Gasteiger partial charge in [-0.15, -0.1) is 15.3 Å². The Kier molecular flexibility index (Phi) is 3.21. The molecule has 22 heavy (non-hydrogen) atoms. The number of nitrogens with zero attached hydrogens (tertiary/aromatic N) is 4. The fraction of sp³-hybridized carbons (Fsp3) is 0.312. The molecule has 0 spiro atoms. The van der Waals surface area contributed by atoms with Crippen molar-refractivity contribution in [1.82, 2.24) is 19.8 Å². The van der Waals surface area contributed by atoms with Crippen LogP contribution >= 0.6 is 0 Å². The molecule has 1 N–H and O–H groups in total. The molecule has 1 saturated carbocycles. The highest BCUT2D eigenvalue weighted by Crippen LogP contribution is 2.32. The topological polar surface area (TPSA) is 55.1 Å². The van der Waals surface area contributed by atoms with Gasteiger partial charge in [0.1, 0.15) is 11.6 Å². The lowest BCUT2D eigenvalue weighted by Crippen LogP contribution is -2.06. The summed E-state index contributed by atoms with van der Waals surface area (Å²) < 4.78 is 15.5. The summed E-state index contributed by atoms with van der Waals surface area (Å²) in [6, 6.07) is 10.2. The maximum absolute atomic E-state index is 14.0. The summed E-state index contributed by atoms with van der Waals surface area (Å²) in [6.07, 6.45) is 3.86. The quantitative estimate of drug-likeness (QED) is 0.786. The van der Waals surface area contributed by atoms with E-state index in [1.165, 1.54) is 25.3 Å². The number of benzene rings is 1. The summed E-state index contributed by atoms with van der Waals surface area (Å²) in [5.41, 5.74) is 1.00. The van der Waals surface area contributed by atoms with E-state index in [1.807, 2.05) is 12.1 Å². The molecular weight excluding hydrogens is 281 g/mol. The Morgan fingerprint density at radius 2 is 2.00 bits per heavy atom. The number of nitrogens with one attached hydrogen (secondary N) is 1. The third-order valence-corrected chi connectivity index (χ3v) is 3.93. The summed E-state index contributed by atoms with van der Waals surface area (Å²) in [7, 11) is 0. The van der Waals surface area contributed by atoms with Gasteiger partial charge in [-0.05, 0) is 36.6 Å². The largest absolute Gasteiger partial charge is 0.369 e. The predicted octanol–water partition coefficient (Wildman–Crippen LogP) is 3.14. The molecule has 0 saturated heterocycles. The maximum Gasteiger partial charge on any atom is 0.188 e. The first-order chi connectivity index (χ1) is 10.8. The fourth-order valence-corrected chi connectivity index (χ4v) is 2.50. The van der Waals surface area contributed by atoms with Crippen LogP contribution in [0.25, 0.3) is 17.0 Å². The average Bonchev–Trinajstić information content (AvgIpc) is 3.26. The minimum absolute atomic E-state index is 0.328. The molecule has 1 aliphatic carbocycles. The van der Waals surface area contributed by atoms with Crippen molar-refractivity contribution in [2.24, 2.45) is 5.92 Å². The Morgan fingerprint density at radius 3 is 2.82 bits per heavy atom. The van der Waals surface area contributed by atoms with E-state index in [1.54, 1.807) is 22.7 Å². The zero-order valence-corrected chi connectivity index (χ0v) is 12.0. The van der Waals surface area contributed by atoms with E-state index in [2.05, 4.69) is 20.6 Å². The first-order valence-electron chi connectivity index (χ1n) is 7.52. The summed E-state index contributed by atoms with van der Waals surface area (Å²) in [6.45, 7) is 0.903. The van der Waals surface area contributed by atoms with Crippen molar-refractivity contribution in [3.05, 3.63) is 42.2 Å². The molecule has 4 rings (SSSR count). The maximum atomic E-state index is 14.0. The lowest BCUT2D eigenvalue weighted by molar-refractivity contribution is 0.629. The van der Waals surface area contributed by atoms with Crippen LogP contribution in [-0.2, 0) is 0 Å². The average molecular weight is 297 g/mol. The van der Waals surface area contributed by atoms with Crippen LogP contribution in [-0.4, -0.2) is 26.4 Å². The molecule has 6 heteroatoms. The van der Waals surface area contributed by atoms with E-state index in [4.69, 9.17) is 0 Å². The second kappa shape index (κ2) is 5.36. The summed E-state index contributed by atoms with van der Waals surface area (Å²) in [4.78, 5) is 0. The standard InChI is InChI=1S/C16H16FN5/c17-13-4-2-1-3-12(13)16-20-19-15-8-7-14(21-22(15)16)18-10-9-11-5-6-11/h1-4,7-8,11H,5-6,9-10H2,(H,18,21). The summed E-state index contributed by atoms with van der Waals surface area (Å²) in [5, 5.41) is 15.9. The van der Waals surface area contributed by atoms with Crippen LogP contribution in [0, 0.1) is 11.7 Å². The van der Waals surface area contributed by atoms with Crippen LogP contribution in [0.4, 0.5) is 10.2 Å². The number of hydrogen-bond donors (Lipinski definition) is 1. The molecule has 2 aromatic heterocycles. The van der Waals surface area contributed by atoms with Crippen molar-refractivity contribution in [2.45, 2.75) is 19.3 Å². The molecule has 2 heterocycles. The van der Waals surface area contributed by atoms with Crippen molar-refractivity contribution in [3.63, 3.8) is 0 Å². The lowest BCUT2D eigenvalue weighted by atomic mass is 10.2. The van der Waals surface area contributed by atoms with Gasteiger partial charge < -0.3 is 5.32 Å². The number of halogens is 1.